The summed E-state index contributed by atoms with van der Waals surface area (Å²) in [6, 6.07) is 5.59. The summed E-state index contributed by atoms with van der Waals surface area (Å²) in [7, 11) is 1.59. The normalized spacial score (nSPS) is 15.2. The molecule has 1 aromatic rings. The molecule has 8 heteroatoms. The highest BCUT2D eigenvalue weighted by molar-refractivity contribution is 8.26. The summed E-state index contributed by atoms with van der Waals surface area (Å²) in [5, 5.41) is 0. The Morgan fingerprint density at radius 2 is 2.07 bits per heavy atom. The summed E-state index contributed by atoms with van der Waals surface area (Å²) in [4.78, 5) is 26.3. The van der Waals surface area contributed by atoms with Gasteiger partial charge in [-0.2, -0.15) is 0 Å². The third-order valence-corrected chi connectivity index (χ3v) is 5.76. The summed E-state index contributed by atoms with van der Waals surface area (Å²) in [6.07, 6.45) is 3.53. The second-order valence-electron chi connectivity index (χ2n) is 7.18. The van der Waals surface area contributed by atoms with Crippen molar-refractivity contribution >= 4 is 46.3 Å². The highest BCUT2D eigenvalue weighted by Crippen LogP contribution is 2.35. The SMILES string of the molecule is CCOC(=O)CCCN1C(=O)/C(=C\c2ccc(OCCC(C)C)c(OC)c2)SC1=S. The summed E-state index contributed by atoms with van der Waals surface area (Å²) in [5.74, 6) is 1.46. The Bertz CT molecular complexity index is 807. The molecule has 2 rings (SSSR count). The number of carbonyl (C=O) groups is 2. The Morgan fingerprint density at radius 1 is 1.30 bits per heavy atom. The zero-order valence-electron chi connectivity index (χ0n) is 17.9. The molecule has 0 atom stereocenters. The van der Waals surface area contributed by atoms with Gasteiger partial charge in [0, 0.05) is 13.0 Å². The summed E-state index contributed by atoms with van der Waals surface area (Å²) >= 11 is 6.61. The predicted molar refractivity (Wildman–Crippen MR) is 124 cm³/mol. The molecular formula is C22H29NO5S2. The van der Waals surface area contributed by atoms with Crippen LogP contribution >= 0.6 is 24.0 Å². The van der Waals surface area contributed by atoms with Crippen LogP contribution in [0.4, 0.5) is 0 Å². The Hall–Kier alpha value is -2.06. The summed E-state index contributed by atoms with van der Waals surface area (Å²) < 4.78 is 16.7. The largest absolute Gasteiger partial charge is 0.493 e. The molecule has 0 spiro atoms. The Balaban J connectivity index is 2.02. The third kappa shape index (κ3) is 7.02. The van der Waals surface area contributed by atoms with Gasteiger partial charge in [-0.3, -0.25) is 14.5 Å². The van der Waals surface area contributed by atoms with Crippen LogP contribution in [0.15, 0.2) is 23.1 Å². The van der Waals surface area contributed by atoms with Gasteiger partial charge >= 0.3 is 5.97 Å². The van der Waals surface area contributed by atoms with Crippen LogP contribution in [0.2, 0.25) is 0 Å². The first kappa shape index (κ1) is 24.2. The molecule has 6 nitrogen and oxygen atoms in total. The quantitative estimate of drug-likeness (QED) is 0.275. The molecule has 0 aliphatic carbocycles. The van der Waals surface area contributed by atoms with E-state index in [1.807, 2.05) is 18.2 Å². The van der Waals surface area contributed by atoms with Crippen LogP contribution in [-0.2, 0) is 14.3 Å². The molecule has 1 saturated heterocycles. The smallest absolute Gasteiger partial charge is 0.305 e. The number of rotatable bonds is 11. The lowest BCUT2D eigenvalue weighted by molar-refractivity contribution is -0.143. The highest BCUT2D eigenvalue weighted by atomic mass is 32.2. The van der Waals surface area contributed by atoms with Crippen molar-refractivity contribution in [1.29, 1.82) is 0 Å². The van der Waals surface area contributed by atoms with Crippen molar-refractivity contribution < 1.29 is 23.8 Å². The van der Waals surface area contributed by atoms with Crippen molar-refractivity contribution in [3.8, 4) is 11.5 Å². The second-order valence-corrected chi connectivity index (χ2v) is 8.86. The van der Waals surface area contributed by atoms with Crippen molar-refractivity contribution in [2.24, 2.45) is 5.92 Å². The topological polar surface area (TPSA) is 65.1 Å². The van der Waals surface area contributed by atoms with Crippen molar-refractivity contribution in [1.82, 2.24) is 4.90 Å². The van der Waals surface area contributed by atoms with Gasteiger partial charge < -0.3 is 14.2 Å². The van der Waals surface area contributed by atoms with E-state index in [1.54, 1.807) is 20.1 Å². The minimum atomic E-state index is -0.263. The fourth-order valence-corrected chi connectivity index (χ4v) is 4.07. The number of hydrogen-bond donors (Lipinski definition) is 0. The molecule has 1 amide bonds. The van der Waals surface area contributed by atoms with E-state index >= 15 is 0 Å². The van der Waals surface area contributed by atoms with Gasteiger partial charge in [0.1, 0.15) is 4.32 Å². The molecule has 1 fully saturated rings. The van der Waals surface area contributed by atoms with E-state index in [1.165, 1.54) is 16.7 Å². The van der Waals surface area contributed by atoms with Gasteiger partial charge in [-0.05, 0) is 49.5 Å². The van der Waals surface area contributed by atoms with Crippen LogP contribution in [-0.4, -0.2) is 48.0 Å². The number of amides is 1. The Morgan fingerprint density at radius 3 is 2.73 bits per heavy atom. The third-order valence-electron chi connectivity index (χ3n) is 4.38. The Labute approximate surface area is 187 Å². The minimum absolute atomic E-state index is 0.148. The number of ether oxygens (including phenoxy) is 3. The number of carbonyl (C=O) groups excluding carboxylic acids is 2. The van der Waals surface area contributed by atoms with Gasteiger partial charge in [0.05, 0.1) is 25.2 Å². The molecule has 30 heavy (non-hydrogen) atoms. The van der Waals surface area contributed by atoms with Crippen molar-refractivity contribution in [3.05, 3.63) is 28.7 Å². The van der Waals surface area contributed by atoms with Crippen LogP contribution < -0.4 is 9.47 Å². The van der Waals surface area contributed by atoms with Crippen LogP contribution in [0.3, 0.4) is 0 Å². The maximum atomic E-state index is 12.7. The van der Waals surface area contributed by atoms with Gasteiger partial charge in [-0.1, -0.05) is 43.9 Å². The van der Waals surface area contributed by atoms with Crippen LogP contribution in [0.5, 0.6) is 11.5 Å². The minimum Gasteiger partial charge on any atom is -0.493 e. The van der Waals surface area contributed by atoms with E-state index in [9.17, 15) is 9.59 Å². The number of hydrogen-bond acceptors (Lipinski definition) is 7. The number of benzene rings is 1. The second kappa shape index (κ2) is 12.0. The van der Waals surface area contributed by atoms with Crippen LogP contribution in [0.25, 0.3) is 6.08 Å². The number of nitrogens with zero attached hydrogens (tertiary/aromatic N) is 1. The molecular weight excluding hydrogens is 422 g/mol. The van der Waals surface area contributed by atoms with Crippen molar-refractivity contribution in [3.63, 3.8) is 0 Å². The predicted octanol–water partition coefficient (Wildman–Crippen LogP) is 4.66. The van der Waals surface area contributed by atoms with Gasteiger partial charge in [0.15, 0.2) is 11.5 Å². The molecule has 0 radical (unpaired) electrons. The van der Waals surface area contributed by atoms with E-state index in [4.69, 9.17) is 26.4 Å². The number of thiocarbonyl (C=S) groups is 1. The van der Waals surface area contributed by atoms with E-state index in [-0.39, 0.29) is 18.3 Å². The number of thioether (sulfide) groups is 1. The monoisotopic (exact) mass is 451 g/mol. The summed E-state index contributed by atoms with van der Waals surface area (Å²) in [5.41, 5.74) is 0.829. The molecule has 0 bridgehead atoms. The first-order valence-corrected chi connectivity index (χ1v) is 11.3. The molecule has 1 aromatic carbocycles. The molecule has 0 N–H and O–H groups in total. The average molecular weight is 452 g/mol. The van der Waals surface area contributed by atoms with Gasteiger partial charge in [-0.25, -0.2) is 0 Å². The molecule has 1 aliphatic heterocycles. The summed E-state index contributed by atoms with van der Waals surface area (Å²) in [6.45, 7) is 7.44. The van der Waals surface area contributed by atoms with Crippen molar-refractivity contribution in [2.75, 3.05) is 26.9 Å². The number of esters is 1. The first-order valence-electron chi connectivity index (χ1n) is 10.1. The lowest BCUT2D eigenvalue weighted by atomic mass is 10.1. The highest BCUT2D eigenvalue weighted by Gasteiger charge is 2.31. The zero-order valence-corrected chi connectivity index (χ0v) is 19.6. The average Bonchev–Trinajstić information content (AvgIpc) is 2.96. The molecule has 1 heterocycles. The first-order chi connectivity index (χ1) is 14.3. The maximum Gasteiger partial charge on any atom is 0.305 e. The fraction of sp³-hybridized carbons (Fsp3) is 0.500. The standard InChI is InChI=1S/C22H29NO5S2/c1-5-27-20(24)7-6-11-23-21(25)19(30-22(23)29)14-16-8-9-17(18(13-16)26-4)28-12-10-15(2)3/h8-9,13-15H,5-7,10-12H2,1-4H3/b19-14+. The number of methoxy groups -OCH3 is 1. The van der Waals surface area contributed by atoms with E-state index in [0.717, 1.165) is 12.0 Å². The lowest BCUT2D eigenvalue weighted by Crippen LogP contribution is -2.29. The van der Waals surface area contributed by atoms with E-state index < -0.39 is 0 Å². The molecule has 164 valence electrons. The Kier molecular flexibility index (Phi) is 9.65. The van der Waals surface area contributed by atoms with Gasteiger partial charge in [0.25, 0.3) is 5.91 Å². The van der Waals surface area contributed by atoms with Crippen molar-refractivity contribution in [2.45, 2.75) is 40.0 Å². The van der Waals surface area contributed by atoms with Crippen LogP contribution in [0.1, 0.15) is 45.6 Å². The zero-order chi connectivity index (χ0) is 22.1. The molecule has 1 aliphatic rings. The van der Waals surface area contributed by atoms with Gasteiger partial charge in [0.2, 0.25) is 0 Å². The molecule has 0 aromatic heterocycles. The molecule has 0 saturated carbocycles. The van der Waals surface area contributed by atoms with Crippen LogP contribution in [0, 0.1) is 5.92 Å². The van der Waals surface area contributed by atoms with E-state index in [2.05, 4.69) is 13.8 Å². The lowest BCUT2D eigenvalue weighted by Gasteiger charge is -2.14. The van der Waals surface area contributed by atoms with E-state index in [0.29, 0.717) is 52.8 Å². The van der Waals surface area contributed by atoms with Gasteiger partial charge in [-0.15, -0.1) is 0 Å². The molecule has 0 unspecified atom stereocenters. The fourth-order valence-electron chi connectivity index (χ4n) is 2.76. The maximum absolute atomic E-state index is 12.7.